The number of anilines is 1. The van der Waals surface area contributed by atoms with Crippen molar-refractivity contribution in [2.75, 3.05) is 19.0 Å². The molecule has 1 aliphatic carbocycles. The number of para-hydroxylation sites is 1. The maximum absolute atomic E-state index is 3.34. The highest BCUT2D eigenvalue weighted by Gasteiger charge is 2.22. The van der Waals surface area contributed by atoms with Gasteiger partial charge in [-0.25, -0.2) is 0 Å². The van der Waals surface area contributed by atoms with Crippen LogP contribution in [-0.2, 0) is 0 Å². The van der Waals surface area contributed by atoms with Gasteiger partial charge in [-0.05, 0) is 38.4 Å². The first-order valence-electron chi connectivity index (χ1n) is 6.73. The van der Waals surface area contributed by atoms with Crippen LogP contribution < -0.4 is 10.2 Å². The van der Waals surface area contributed by atoms with Gasteiger partial charge in [0.15, 0.2) is 0 Å². The van der Waals surface area contributed by atoms with Gasteiger partial charge in [0, 0.05) is 24.8 Å². The Bertz CT molecular complexity index is 356. The van der Waals surface area contributed by atoms with Crippen molar-refractivity contribution in [2.45, 2.75) is 44.7 Å². The van der Waals surface area contributed by atoms with Crippen LogP contribution in [0.2, 0.25) is 0 Å². The van der Waals surface area contributed by atoms with Crippen molar-refractivity contribution in [1.82, 2.24) is 5.32 Å². The molecule has 2 heteroatoms. The van der Waals surface area contributed by atoms with Crippen LogP contribution in [0.15, 0.2) is 24.3 Å². The van der Waals surface area contributed by atoms with E-state index in [2.05, 4.69) is 48.5 Å². The molecule has 1 atom stereocenters. The van der Waals surface area contributed by atoms with Gasteiger partial charge in [0.1, 0.15) is 0 Å². The van der Waals surface area contributed by atoms with Gasteiger partial charge in [0.05, 0.1) is 0 Å². The second-order valence-electron chi connectivity index (χ2n) is 5.12. The average Bonchev–Trinajstić information content (AvgIpc) is 2.91. The second-order valence-corrected chi connectivity index (χ2v) is 5.12. The minimum Gasteiger partial charge on any atom is -0.371 e. The molecule has 0 aliphatic heterocycles. The summed E-state index contributed by atoms with van der Waals surface area (Å²) in [7, 11) is 4.27. The number of rotatable bonds is 4. The van der Waals surface area contributed by atoms with Gasteiger partial charge < -0.3 is 10.2 Å². The van der Waals surface area contributed by atoms with Crippen molar-refractivity contribution in [1.29, 1.82) is 0 Å². The van der Waals surface area contributed by atoms with Gasteiger partial charge in [-0.1, -0.05) is 31.0 Å². The van der Waals surface area contributed by atoms with Crippen LogP contribution in [0.4, 0.5) is 5.69 Å². The third kappa shape index (κ3) is 2.63. The first kappa shape index (κ1) is 12.4. The first-order chi connectivity index (χ1) is 8.24. The van der Waals surface area contributed by atoms with Gasteiger partial charge in [-0.3, -0.25) is 0 Å². The van der Waals surface area contributed by atoms with Crippen molar-refractivity contribution in [3.8, 4) is 0 Å². The van der Waals surface area contributed by atoms with E-state index in [1.807, 2.05) is 7.05 Å². The van der Waals surface area contributed by atoms with E-state index >= 15 is 0 Å². The predicted molar refractivity (Wildman–Crippen MR) is 74.6 cm³/mol. The molecule has 2 rings (SSSR count). The Morgan fingerprint density at radius 2 is 1.88 bits per heavy atom. The molecule has 17 heavy (non-hydrogen) atoms. The van der Waals surface area contributed by atoms with E-state index in [4.69, 9.17) is 0 Å². The Labute approximate surface area is 105 Å². The standard InChI is InChI=1S/C15H24N2/c1-12(16-2)14-10-6-7-11-15(14)17(3)13-8-4-5-9-13/h6-7,10-13,16H,4-5,8-9H2,1-3H3. The van der Waals surface area contributed by atoms with Gasteiger partial charge in [0.2, 0.25) is 0 Å². The van der Waals surface area contributed by atoms with Crippen LogP contribution >= 0.6 is 0 Å². The van der Waals surface area contributed by atoms with Crippen molar-refractivity contribution in [3.63, 3.8) is 0 Å². The molecule has 1 aliphatic rings. The van der Waals surface area contributed by atoms with Gasteiger partial charge in [-0.15, -0.1) is 0 Å². The summed E-state index contributed by atoms with van der Waals surface area (Å²) in [5.41, 5.74) is 2.80. The SMILES string of the molecule is CNC(C)c1ccccc1N(C)C1CCCC1. The lowest BCUT2D eigenvalue weighted by Gasteiger charge is -2.30. The van der Waals surface area contributed by atoms with E-state index in [1.165, 1.54) is 36.9 Å². The molecule has 1 fully saturated rings. The number of benzene rings is 1. The summed E-state index contributed by atoms with van der Waals surface area (Å²) in [6.07, 6.45) is 5.47. The number of hydrogen-bond donors (Lipinski definition) is 1. The molecular formula is C15H24N2. The number of nitrogens with zero attached hydrogens (tertiary/aromatic N) is 1. The molecule has 1 aromatic carbocycles. The summed E-state index contributed by atoms with van der Waals surface area (Å²) in [6.45, 7) is 2.22. The Hall–Kier alpha value is -1.02. The van der Waals surface area contributed by atoms with E-state index in [0.717, 1.165) is 6.04 Å². The molecule has 94 valence electrons. The van der Waals surface area contributed by atoms with Crippen LogP contribution in [-0.4, -0.2) is 20.1 Å². The van der Waals surface area contributed by atoms with Gasteiger partial charge >= 0.3 is 0 Å². The zero-order valence-corrected chi connectivity index (χ0v) is 11.2. The number of nitrogens with one attached hydrogen (secondary N) is 1. The molecule has 1 N–H and O–H groups in total. The Kier molecular flexibility index (Phi) is 4.06. The van der Waals surface area contributed by atoms with Crippen LogP contribution in [0, 0.1) is 0 Å². The molecule has 0 bridgehead atoms. The van der Waals surface area contributed by atoms with E-state index in [9.17, 15) is 0 Å². The summed E-state index contributed by atoms with van der Waals surface area (Å²) < 4.78 is 0. The molecule has 0 amide bonds. The minimum absolute atomic E-state index is 0.412. The lowest BCUT2D eigenvalue weighted by Crippen LogP contribution is -2.30. The smallest absolute Gasteiger partial charge is 0.0414 e. The molecule has 0 radical (unpaired) electrons. The van der Waals surface area contributed by atoms with Crippen LogP contribution in [0.3, 0.4) is 0 Å². The summed E-state index contributed by atoms with van der Waals surface area (Å²) in [4.78, 5) is 2.48. The van der Waals surface area contributed by atoms with Crippen LogP contribution in [0.25, 0.3) is 0 Å². The molecule has 0 spiro atoms. The van der Waals surface area contributed by atoms with Crippen LogP contribution in [0.5, 0.6) is 0 Å². The lowest BCUT2D eigenvalue weighted by molar-refractivity contribution is 0.624. The molecule has 0 heterocycles. The maximum atomic E-state index is 3.34. The van der Waals surface area contributed by atoms with E-state index in [0.29, 0.717) is 6.04 Å². The van der Waals surface area contributed by atoms with Crippen molar-refractivity contribution in [2.24, 2.45) is 0 Å². The second kappa shape index (κ2) is 5.54. The Morgan fingerprint density at radius 1 is 1.24 bits per heavy atom. The molecule has 1 unspecified atom stereocenters. The average molecular weight is 232 g/mol. The number of hydrogen-bond acceptors (Lipinski definition) is 2. The molecular weight excluding hydrogens is 208 g/mol. The van der Waals surface area contributed by atoms with E-state index in [1.54, 1.807) is 0 Å². The monoisotopic (exact) mass is 232 g/mol. The molecule has 0 saturated heterocycles. The van der Waals surface area contributed by atoms with Crippen molar-refractivity contribution in [3.05, 3.63) is 29.8 Å². The molecule has 1 saturated carbocycles. The topological polar surface area (TPSA) is 15.3 Å². The lowest BCUT2D eigenvalue weighted by atomic mass is 10.0. The molecule has 1 aromatic rings. The highest BCUT2D eigenvalue weighted by Crippen LogP contribution is 2.31. The third-order valence-corrected chi connectivity index (χ3v) is 4.09. The van der Waals surface area contributed by atoms with Crippen molar-refractivity contribution >= 4 is 5.69 Å². The zero-order chi connectivity index (χ0) is 12.3. The highest BCUT2D eigenvalue weighted by molar-refractivity contribution is 5.55. The predicted octanol–water partition coefficient (Wildman–Crippen LogP) is 3.35. The van der Waals surface area contributed by atoms with E-state index in [-0.39, 0.29) is 0 Å². The quantitative estimate of drug-likeness (QED) is 0.856. The van der Waals surface area contributed by atoms with Crippen LogP contribution in [0.1, 0.15) is 44.2 Å². The first-order valence-corrected chi connectivity index (χ1v) is 6.73. The summed E-state index contributed by atoms with van der Waals surface area (Å²) in [5.74, 6) is 0. The Balaban J connectivity index is 2.24. The molecule has 0 aromatic heterocycles. The Morgan fingerprint density at radius 3 is 2.53 bits per heavy atom. The maximum Gasteiger partial charge on any atom is 0.0414 e. The fraction of sp³-hybridized carbons (Fsp3) is 0.600. The highest BCUT2D eigenvalue weighted by atomic mass is 15.1. The fourth-order valence-electron chi connectivity index (χ4n) is 2.82. The normalized spacial score (nSPS) is 18.3. The summed E-state index contributed by atoms with van der Waals surface area (Å²) in [6, 6.07) is 9.92. The van der Waals surface area contributed by atoms with E-state index < -0.39 is 0 Å². The largest absolute Gasteiger partial charge is 0.371 e. The van der Waals surface area contributed by atoms with Crippen molar-refractivity contribution < 1.29 is 0 Å². The summed E-state index contributed by atoms with van der Waals surface area (Å²) in [5, 5.41) is 3.34. The molecule has 2 nitrogen and oxygen atoms in total. The summed E-state index contributed by atoms with van der Waals surface area (Å²) >= 11 is 0. The van der Waals surface area contributed by atoms with Gasteiger partial charge in [-0.2, -0.15) is 0 Å². The zero-order valence-electron chi connectivity index (χ0n) is 11.2. The van der Waals surface area contributed by atoms with Gasteiger partial charge in [0.25, 0.3) is 0 Å². The third-order valence-electron chi connectivity index (χ3n) is 4.09. The minimum atomic E-state index is 0.412. The fourth-order valence-corrected chi connectivity index (χ4v) is 2.82.